The molecule has 0 spiro atoms. The summed E-state index contributed by atoms with van der Waals surface area (Å²) in [7, 11) is -0.797. The lowest BCUT2D eigenvalue weighted by Gasteiger charge is -2.33. The van der Waals surface area contributed by atoms with Crippen LogP contribution in [0, 0.1) is 0 Å². The van der Waals surface area contributed by atoms with Gasteiger partial charge in [0.05, 0.1) is 22.3 Å². The molecule has 0 radical (unpaired) electrons. The first-order valence-corrected chi connectivity index (χ1v) is 8.09. The highest BCUT2D eigenvalue weighted by molar-refractivity contribution is 7.85. The van der Waals surface area contributed by atoms with Gasteiger partial charge in [0.25, 0.3) is 0 Å². The Kier molecular flexibility index (Phi) is 3.52. The molecule has 106 valence electrons. The fraction of sp³-hybridized carbons (Fsp3) is 0.385. The van der Waals surface area contributed by atoms with Crippen LogP contribution < -0.4 is 4.90 Å². The van der Waals surface area contributed by atoms with Gasteiger partial charge in [-0.05, 0) is 13.0 Å². The van der Waals surface area contributed by atoms with E-state index in [4.69, 9.17) is 11.6 Å². The van der Waals surface area contributed by atoms with Crippen LogP contribution in [-0.4, -0.2) is 44.0 Å². The zero-order chi connectivity index (χ0) is 14.3. The van der Waals surface area contributed by atoms with Crippen molar-refractivity contribution in [3.05, 3.63) is 29.2 Å². The minimum atomic E-state index is -0.797. The predicted octanol–water partition coefficient (Wildman–Crippen LogP) is 1.76. The van der Waals surface area contributed by atoms with Gasteiger partial charge in [0.1, 0.15) is 12.1 Å². The van der Waals surface area contributed by atoms with Crippen LogP contribution in [0.2, 0.25) is 5.02 Å². The monoisotopic (exact) mass is 311 g/mol. The molecule has 1 fully saturated rings. The maximum atomic E-state index is 11.8. The van der Waals surface area contributed by atoms with Gasteiger partial charge in [-0.1, -0.05) is 11.6 Å². The fourth-order valence-electron chi connectivity index (χ4n) is 2.55. The SMILES string of the molecule is CC1CN(c2c(C=O)cc(Cl)c3cncn23)CCS1=O. The highest BCUT2D eigenvalue weighted by Crippen LogP contribution is 2.29. The highest BCUT2D eigenvalue weighted by atomic mass is 35.5. The van der Waals surface area contributed by atoms with Crippen molar-refractivity contribution in [2.75, 3.05) is 23.7 Å². The van der Waals surface area contributed by atoms with E-state index in [0.29, 0.717) is 29.4 Å². The molecule has 3 rings (SSSR count). The highest BCUT2D eigenvalue weighted by Gasteiger charge is 2.26. The molecule has 20 heavy (non-hydrogen) atoms. The van der Waals surface area contributed by atoms with Gasteiger partial charge in [0.15, 0.2) is 6.29 Å². The topological polar surface area (TPSA) is 54.7 Å². The zero-order valence-electron chi connectivity index (χ0n) is 11.0. The van der Waals surface area contributed by atoms with Crippen LogP contribution in [0.25, 0.3) is 5.52 Å². The van der Waals surface area contributed by atoms with Gasteiger partial charge in [-0.3, -0.25) is 13.4 Å². The van der Waals surface area contributed by atoms with Crippen LogP contribution in [0.1, 0.15) is 17.3 Å². The molecule has 2 aromatic rings. The predicted molar refractivity (Wildman–Crippen MR) is 80.3 cm³/mol. The largest absolute Gasteiger partial charge is 0.355 e. The van der Waals surface area contributed by atoms with E-state index in [1.54, 1.807) is 18.6 Å². The Hall–Kier alpha value is -1.40. The molecular formula is C13H14ClN3O2S. The van der Waals surface area contributed by atoms with Crippen molar-refractivity contribution in [3.63, 3.8) is 0 Å². The summed E-state index contributed by atoms with van der Waals surface area (Å²) < 4.78 is 13.6. The van der Waals surface area contributed by atoms with E-state index >= 15 is 0 Å². The maximum Gasteiger partial charge on any atom is 0.153 e. The number of fused-ring (bicyclic) bond motifs is 1. The molecule has 3 heterocycles. The number of anilines is 1. The quantitative estimate of drug-likeness (QED) is 0.793. The second kappa shape index (κ2) is 5.18. The Morgan fingerprint density at radius 1 is 1.55 bits per heavy atom. The molecular weight excluding hydrogens is 298 g/mol. The first-order valence-electron chi connectivity index (χ1n) is 6.33. The molecule has 2 aromatic heterocycles. The molecule has 0 aromatic carbocycles. The van der Waals surface area contributed by atoms with E-state index in [-0.39, 0.29) is 5.25 Å². The van der Waals surface area contributed by atoms with Crippen molar-refractivity contribution in [2.24, 2.45) is 0 Å². The normalized spacial score (nSPS) is 23.2. The van der Waals surface area contributed by atoms with E-state index in [1.807, 2.05) is 11.3 Å². The van der Waals surface area contributed by atoms with E-state index < -0.39 is 10.8 Å². The molecule has 7 heteroatoms. The molecule has 2 atom stereocenters. The number of aldehydes is 1. The van der Waals surface area contributed by atoms with Crippen LogP contribution in [0.3, 0.4) is 0 Å². The van der Waals surface area contributed by atoms with Crippen molar-refractivity contribution in [1.82, 2.24) is 9.38 Å². The lowest BCUT2D eigenvalue weighted by atomic mass is 10.2. The molecule has 0 saturated carbocycles. The Labute approximate surface area is 124 Å². The van der Waals surface area contributed by atoms with Gasteiger partial charge in [0, 0.05) is 34.9 Å². The number of carbonyl (C=O) groups excluding carboxylic acids is 1. The number of nitrogens with zero attached hydrogens (tertiary/aromatic N) is 3. The number of rotatable bonds is 2. The van der Waals surface area contributed by atoms with Crippen molar-refractivity contribution in [1.29, 1.82) is 0 Å². The summed E-state index contributed by atoms with van der Waals surface area (Å²) in [4.78, 5) is 17.5. The molecule has 0 N–H and O–H groups in total. The number of aromatic nitrogens is 2. The van der Waals surface area contributed by atoms with Crippen molar-refractivity contribution in [2.45, 2.75) is 12.2 Å². The minimum Gasteiger partial charge on any atom is -0.355 e. The molecule has 0 bridgehead atoms. The van der Waals surface area contributed by atoms with Crippen LogP contribution in [0.5, 0.6) is 0 Å². The summed E-state index contributed by atoms with van der Waals surface area (Å²) in [6, 6.07) is 1.66. The molecule has 1 aliphatic heterocycles. The average molecular weight is 312 g/mol. The third-order valence-corrected chi connectivity index (χ3v) is 5.50. The number of hydrogen-bond donors (Lipinski definition) is 0. The molecule has 5 nitrogen and oxygen atoms in total. The standard InChI is InChI=1S/C13H14ClN3O2S/c1-9-6-16(2-3-20(9)19)13-10(7-18)4-11(14)12-5-15-8-17(12)13/h4-5,7-9H,2-3,6H2,1H3. The second-order valence-corrected chi connectivity index (χ2v) is 7.26. The second-order valence-electron chi connectivity index (χ2n) is 4.88. The summed E-state index contributed by atoms with van der Waals surface area (Å²) in [5.41, 5.74) is 1.30. The number of pyridine rings is 1. The third kappa shape index (κ3) is 2.13. The van der Waals surface area contributed by atoms with Gasteiger partial charge in [-0.15, -0.1) is 0 Å². The van der Waals surface area contributed by atoms with E-state index in [0.717, 1.165) is 17.6 Å². The van der Waals surface area contributed by atoms with Gasteiger partial charge >= 0.3 is 0 Å². The van der Waals surface area contributed by atoms with Gasteiger partial charge < -0.3 is 4.90 Å². The number of halogens is 1. The smallest absolute Gasteiger partial charge is 0.153 e. The van der Waals surface area contributed by atoms with Gasteiger partial charge in [-0.25, -0.2) is 4.98 Å². The Balaban J connectivity index is 2.14. The van der Waals surface area contributed by atoms with Gasteiger partial charge in [0.2, 0.25) is 0 Å². The molecule has 0 aliphatic carbocycles. The summed E-state index contributed by atoms with van der Waals surface area (Å²) in [6.45, 7) is 3.28. The lowest BCUT2D eigenvalue weighted by molar-refractivity contribution is 0.112. The van der Waals surface area contributed by atoms with E-state index in [9.17, 15) is 9.00 Å². The van der Waals surface area contributed by atoms with Crippen LogP contribution in [0.15, 0.2) is 18.6 Å². The summed E-state index contributed by atoms with van der Waals surface area (Å²) in [6.07, 6.45) is 4.13. The van der Waals surface area contributed by atoms with Gasteiger partial charge in [-0.2, -0.15) is 0 Å². The Bertz CT molecular complexity index is 700. The number of carbonyl (C=O) groups is 1. The van der Waals surface area contributed by atoms with Crippen LogP contribution >= 0.6 is 11.6 Å². The molecule has 1 saturated heterocycles. The van der Waals surface area contributed by atoms with Crippen LogP contribution in [0.4, 0.5) is 5.82 Å². The number of hydrogen-bond acceptors (Lipinski definition) is 4. The zero-order valence-corrected chi connectivity index (χ0v) is 12.5. The maximum absolute atomic E-state index is 11.8. The fourth-order valence-corrected chi connectivity index (χ4v) is 3.96. The average Bonchev–Trinajstić information content (AvgIpc) is 2.91. The summed E-state index contributed by atoms with van der Waals surface area (Å²) in [5.74, 6) is 1.39. The molecule has 0 amide bonds. The van der Waals surface area contributed by atoms with Crippen molar-refractivity contribution < 1.29 is 9.00 Å². The van der Waals surface area contributed by atoms with E-state index in [1.165, 1.54) is 0 Å². The van der Waals surface area contributed by atoms with Crippen molar-refractivity contribution >= 4 is 40.0 Å². The Morgan fingerprint density at radius 3 is 3.05 bits per heavy atom. The third-order valence-electron chi connectivity index (χ3n) is 3.57. The lowest BCUT2D eigenvalue weighted by Crippen LogP contribution is -2.44. The summed E-state index contributed by atoms with van der Waals surface area (Å²) >= 11 is 6.16. The minimum absolute atomic E-state index is 0.0810. The summed E-state index contributed by atoms with van der Waals surface area (Å²) in [5, 5.41) is 0.583. The first kappa shape index (κ1) is 13.6. The molecule has 1 aliphatic rings. The van der Waals surface area contributed by atoms with E-state index in [2.05, 4.69) is 9.88 Å². The Morgan fingerprint density at radius 2 is 2.35 bits per heavy atom. The van der Waals surface area contributed by atoms with Crippen molar-refractivity contribution in [3.8, 4) is 0 Å². The molecule has 2 unspecified atom stereocenters. The number of imidazole rings is 1. The first-order chi connectivity index (χ1) is 9.61. The van der Waals surface area contributed by atoms with Crippen LogP contribution in [-0.2, 0) is 10.8 Å².